The highest BCUT2D eigenvalue weighted by molar-refractivity contribution is 6.52. The number of anilines is 1. The van der Waals surface area contributed by atoms with Crippen LogP contribution < -0.4 is 14.4 Å². The van der Waals surface area contributed by atoms with E-state index in [-0.39, 0.29) is 12.2 Å². The second-order valence-electron chi connectivity index (χ2n) is 6.07. The van der Waals surface area contributed by atoms with E-state index >= 15 is 0 Å². The number of halogens is 1. The maximum atomic E-state index is 13.5. The number of hydrogen-bond acceptors (Lipinski definition) is 5. The van der Waals surface area contributed by atoms with Gasteiger partial charge in [-0.15, -0.1) is 0 Å². The molecule has 2 aromatic carbocycles. The lowest BCUT2D eigenvalue weighted by molar-refractivity contribution is -0.114. The molecular formula is C19H19FN2O4. The fraction of sp³-hybridized carbons (Fsp3) is 0.263. The summed E-state index contributed by atoms with van der Waals surface area (Å²) in [7, 11) is 4.94. The molecule has 0 aliphatic carbocycles. The van der Waals surface area contributed by atoms with Crippen molar-refractivity contribution in [2.75, 3.05) is 32.8 Å². The molecule has 0 unspecified atom stereocenters. The number of carbonyl (C=O) groups excluding carboxylic acids is 2. The quantitative estimate of drug-likeness (QED) is 0.743. The molecule has 0 spiro atoms. The van der Waals surface area contributed by atoms with Crippen molar-refractivity contribution in [3.63, 3.8) is 0 Å². The number of Topliss-reactive ketones (excluding diaryl/α,β-unsaturated/α-hetero) is 1. The second-order valence-corrected chi connectivity index (χ2v) is 6.07. The van der Waals surface area contributed by atoms with Crippen molar-refractivity contribution in [1.82, 2.24) is 4.90 Å². The van der Waals surface area contributed by atoms with Crippen LogP contribution in [-0.4, -0.2) is 44.5 Å². The number of carbonyl (C=O) groups is 2. The van der Waals surface area contributed by atoms with Crippen LogP contribution in [0.5, 0.6) is 11.5 Å². The van der Waals surface area contributed by atoms with E-state index in [0.717, 1.165) is 5.56 Å². The number of nitrogens with zero attached hydrogens (tertiary/aromatic N) is 2. The van der Waals surface area contributed by atoms with Crippen LogP contribution in [0.2, 0.25) is 0 Å². The Bertz CT molecular complexity index is 869. The van der Waals surface area contributed by atoms with Gasteiger partial charge in [0.1, 0.15) is 5.82 Å². The number of ether oxygens (including phenoxy) is 2. The van der Waals surface area contributed by atoms with Crippen LogP contribution in [-0.2, 0) is 11.3 Å². The Labute approximate surface area is 150 Å². The third kappa shape index (κ3) is 3.25. The van der Waals surface area contributed by atoms with Crippen LogP contribution in [0.3, 0.4) is 0 Å². The molecule has 136 valence electrons. The monoisotopic (exact) mass is 358 g/mol. The maximum Gasteiger partial charge on any atom is 0.300 e. The zero-order valence-corrected chi connectivity index (χ0v) is 14.8. The summed E-state index contributed by atoms with van der Waals surface area (Å²) in [6.45, 7) is 0.665. The molecule has 26 heavy (non-hydrogen) atoms. The van der Waals surface area contributed by atoms with Gasteiger partial charge in [0.25, 0.3) is 5.78 Å². The summed E-state index contributed by atoms with van der Waals surface area (Å²) in [5, 5.41) is 0. The van der Waals surface area contributed by atoms with E-state index in [2.05, 4.69) is 0 Å². The summed E-state index contributed by atoms with van der Waals surface area (Å²) in [5.74, 6) is -0.509. The molecule has 1 heterocycles. The zero-order chi connectivity index (χ0) is 18.8. The molecular weight excluding hydrogens is 339 g/mol. The van der Waals surface area contributed by atoms with Crippen molar-refractivity contribution in [2.45, 2.75) is 6.54 Å². The number of ketones is 1. The number of methoxy groups -OCH3 is 2. The summed E-state index contributed by atoms with van der Waals surface area (Å²) in [6, 6.07) is 9.28. The summed E-state index contributed by atoms with van der Waals surface area (Å²) in [5.41, 5.74) is 1.48. The molecule has 0 atom stereocenters. The summed E-state index contributed by atoms with van der Waals surface area (Å²) in [4.78, 5) is 27.4. The van der Waals surface area contributed by atoms with E-state index in [9.17, 15) is 14.0 Å². The first-order valence-electron chi connectivity index (χ1n) is 7.99. The van der Waals surface area contributed by atoms with Gasteiger partial charge in [-0.1, -0.05) is 6.07 Å². The van der Waals surface area contributed by atoms with Crippen molar-refractivity contribution in [3.8, 4) is 11.5 Å². The Morgan fingerprint density at radius 3 is 2.46 bits per heavy atom. The average molecular weight is 358 g/mol. The topological polar surface area (TPSA) is 59.1 Å². The van der Waals surface area contributed by atoms with Gasteiger partial charge in [0.2, 0.25) is 0 Å². The van der Waals surface area contributed by atoms with E-state index in [1.807, 2.05) is 24.1 Å². The third-order valence-electron chi connectivity index (χ3n) is 4.22. The smallest absolute Gasteiger partial charge is 0.300 e. The molecule has 0 fully saturated rings. The largest absolute Gasteiger partial charge is 0.493 e. The molecule has 0 saturated heterocycles. The van der Waals surface area contributed by atoms with Crippen LogP contribution in [0.1, 0.15) is 15.9 Å². The van der Waals surface area contributed by atoms with E-state index in [4.69, 9.17) is 9.47 Å². The van der Waals surface area contributed by atoms with Crippen molar-refractivity contribution < 1.29 is 23.5 Å². The van der Waals surface area contributed by atoms with Crippen molar-refractivity contribution in [3.05, 3.63) is 53.3 Å². The lowest BCUT2D eigenvalue weighted by Gasteiger charge is -2.24. The molecule has 3 rings (SSSR count). The highest BCUT2D eigenvalue weighted by Gasteiger charge is 2.36. The molecule has 1 aliphatic heterocycles. The Kier molecular flexibility index (Phi) is 4.90. The molecule has 6 nitrogen and oxygen atoms in total. The van der Waals surface area contributed by atoms with Crippen LogP contribution in [0, 0.1) is 5.82 Å². The Morgan fingerprint density at radius 1 is 1.04 bits per heavy atom. The summed E-state index contributed by atoms with van der Waals surface area (Å²) >= 11 is 0. The minimum atomic E-state index is -0.648. The summed E-state index contributed by atoms with van der Waals surface area (Å²) in [6.07, 6.45) is 0. The van der Waals surface area contributed by atoms with E-state index < -0.39 is 17.5 Å². The highest BCUT2D eigenvalue weighted by atomic mass is 19.1. The number of hydrogen-bond donors (Lipinski definition) is 0. The van der Waals surface area contributed by atoms with Crippen molar-refractivity contribution >= 4 is 17.4 Å². The minimum absolute atomic E-state index is 0.162. The first kappa shape index (κ1) is 17.9. The maximum absolute atomic E-state index is 13.5. The minimum Gasteiger partial charge on any atom is -0.493 e. The average Bonchev–Trinajstić information content (AvgIpc) is 2.86. The van der Waals surface area contributed by atoms with Crippen molar-refractivity contribution in [1.29, 1.82) is 0 Å². The molecule has 1 aliphatic rings. The summed E-state index contributed by atoms with van der Waals surface area (Å²) < 4.78 is 24.0. The Hall–Kier alpha value is -2.93. The van der Waals surface area contributed by atoms with E-state index in [1.165, 1.54) is 23.1 Å². The van der Waals surface area contributed by atoms with Crippen LogP contribution in [0.15, 0.2) is 36.4 Å². The third-order valence-corrected chi connectivity index (χ3v) is 4.22. The fourth-order valence-electron chi connectivity index (χ4n) is 2.99. The molecule has 1 amide bonds. The van der Waals surface area contributed by atoms with Crippen LogP contribution in [0.25, 0.3) is 0 Å². The van der Waals surface area contributed by atoms with Crippen LogP contribution >= 0.6 is 0 Å². The van der Waals surface area contributed by atoms with Gasteiger partial charge in [-0.25, -0.2) is 4.39 Å². The van der Waals surface area contributed by atoms with Crippen molar-refractivity contribution in [2.24, 2.45) is 0 Å². The predicted octanol–water partition coefficient (Wildman–Crippen LogP) is 2.46. The van der Waals surface area contributed by atoms with Gasteiger partial charge >= 0.3 is 5.91 Å². The number of amides is 1. The van der Waals surface area contributed by atoms with Gasteiger partial charge in [0.05, 0.1) is 32.1 Å². The first-order chi connectivity index (χ1) is 12.4. The van der Waals surface area contributed by atoms with E-state index in [1.54, 1.807) is 20.3 Å². The molecule has 0 N–H and O–H groups in total. The SMILES string of the molecule is COc1ccc(CN(C)CN2C(=O)C(=O)c3ccc(F)cc32)cc1OC. The highest BCUT2D eigenvalue weighted by Crippen LogP contribution is 2.31. The van der Waals surface area contributed by atoms with Gasteiger partial charge < -0.3 is 9.47 Å². The zero-order valence-electron chi connectivity index (χ0n) is 14.8. The van der Waals surface area contributed by atoms with Gasteiger partial charge in [-0.2, -0.15) is 0 Å². The molecule has 0 saturated carbocycles. The number of benzene rings is 2. The molecule has 7 heteroatoms. The predicted molar refractivity (Wildman–Crippen MR) is 94.1 cm³/mol. The van der Waals surface area contributed by atoms with Crippen LogP contribution in [0.4, 0.5) is 10.1 Å². The molecule has 0 aromatic heterocycles. The van der Waals surface area contributed by atoms with E-state index in [0.29, 0.717) is 23.7 Å². The lowest BCUT2D eigenvalue weighted by atomic mass is 10.1. The first-order valence-corrected chi connectivity index (χ1v) is 7.99. The van der Waals surface area contributed by atoms with Gasteiger partial charge in [0, 0.05) is 6.54 Å². The molecule has 2 aromatic rings. The fourth-order valence-corrected chi connectivity index (χ4v) is 2.99. The van der Waals surface area contributed by atoms with Gasteiger partial charge in [-0.3, -0.25) is 19.4 Å². The number of rotatable bonds is 6. The Balaban J connectivity index is 1.77. The second kappa shape index (κ2) is 7.13. The standard InChI is InChI=1S/C19H19FN2O4/c1-21(10-12-4-7-16(25-2)17(8-12)26-3)11-22-15-9-13(20)5-6-14(15)18(23)19(22)24/h4-9H,10-11H2,1-3H3. The van der Waals surface area contributed by atoms with Gasteiger partial charge in [0.15, 0.2) is 11.5 Å². The van der Waals surface area contributed by atoms with Gasteiger partial charge in [-0.05, 0) is 42.9 Å². The number of fused-ring (bicyclic) bond motifs is 1. The normalized spacial score (nSPS) is 13.3. The Morgan fingerprint density at radius 2 is 1.77 bits per heavy atom. The molecule has 0 radical (unpaired) electrons. The molecule has 0 bridgehead atoms. The lowest BCUT2D eigenvalue weighted by Crippen LogP contribution is -2.39.